The van der Waals surface area contributed by atoms with Gasteiger partial charge in [0, 0.05) is 9.86 Å². The number of benzene rings is 3. The first-order chi connectivity index (χ1) is 13.4. The van der Waals surface area contributed by atoms with Gasteiger partial charge < -0.3 is 4.98 Å². The van der Waals surface area contributed by atoms with E-state index in [4.69, 9.17) is 0 Å². The van der Waals surface area contributed by atoms with Gasteiger partial charge in [0.2, 0.25) is 15.3 Å². The Hall–Kier alpha value is -2.70. The zero-order chi connectivity index (χ0) is 19.9. The maximum Gasteiger partial charge on any atom is 0.212 e. The number of nitrogens with one attached hydrogen (secondary N) is 1. The van der Waals surface area contributed by atoms with Crippen LogP contribution in [0.3, 0.4) is 0 Å². The second-order valence-corrected chi connectivity index (χ2v) is 9.33. The van der Waals surface area contributed by atoms with E-state index in [-0.39, 0.29) is 15.5 Å². The Balaban J connectivity index is 2.12. The van der Waals surface area contributed by atoms with Crippen LogP contribution in [0.4, 0.5) is 0 Å². The minimum atomic E-state index is -4.02. The summed E-state index contributed by atoms with van der Waals surface area (Å²) in [5, 5.41) is 0.327. The second kappa shape index (κ2) is 7.04. The fraction of sp³-hybridized carbons (Fsp3) is 0.0455. The molecule has 6 heteroatoms. The SMILES string of the molecule is Cc1ccc(S(=O)(=O)c2c(-c3ccccc3)[nH]c3cc(Br)ccc3c2=O)cc1. The molecule has 0 aliphatic rings. The average Bonchev–Trinajstić information content (AvgIpc) is 2.68. The van der Waals surface area contributed by atoms with Crippen LogP contribution in [0.1, 0.15) is 5.56 Å². The van der Waals surface area contributed by atoms with Gasteiger partial charge in [0.15, 0.2) is 0 Å². The number of fused-ring (bicyclic) bond motifs is 1. The number of hydrogen-bond donors (Lipinski definition) is 1. The van der Waals surface area contributed by atoms with Gasteiger partial charge in [-0.1, -0.05) is 64.0 Å². The molecule has 0 fully saturated rings. The molecule has 0 unspecified atom stereocenters. The van der Waals surface area contributed by atoms with Crippen molar-refractivity contribution in [3.63, 3.8) is 0 Å². The highest BCUT2D eigenvalue weighted by molar-refractivity contribution is 9.10. The molecule has 4 nitrogen and oxygen atoms in total. The Kier molecular flexibility index (Phi) is 4.69. The molecule has 4 rings (SSSR count). The molecule has 0 radical (unpaired) electrons. The molecule has 0 spiro atoms. The Morgan fingerprint density at radius 1 is 0.893 bits per heavy atom. The standard InChI is InChI=1S/C22H16BrNO3S/c1-14-7-10-17(11-8-14)28(26,27)22-20(15-5-3-2-4-6-15)24-19-13-16(23)9-12-18(19)21(22)25/h2-13H,1H3,(H,24,25). The molecule has 0 saturated heterocycles. The fourth-order valence-corrected chi connectivity index (χ4v) is 5.03. The van der Waals surface area contributed by atoms with Gasteiger partial charge in [-0.25, -0.2) is 8.42 Å². The Morgan fingerprint density at radius 2 is 1.57 bits per heavy atom. The highest BCUT2D eigenvalue weighted by Crippen LogP contribution is 2.30. The van der Waals surface area contributed by atoms with E-state index in [9.17, 15) is 13.2 Å². The van der Waals surface area contributed by atoms with E-state index in [1.54, 1.807) is 54.6 Å². The van der Waals surface area contributed by atoms with Crippen molar-refractivity contribution in [1.29, 1.82) is 0 Å². The maximum atomic E-state index is 13.4. The number of rotatable bonds is 3. The molecule has 0 atom stereocenters. The molecular weight excluding hydrogens is 438 g/mol. The van der Waals surface area contributed by atoms with Gasteiger partial charge in [-0.2, -0.15) is 0 Å². The van der Waals surface area contributed by atoms with Crippen LogP contribution in [0.15, 0.2) is 91.9 Å². The van der Waals surface area contributed by atoms with Crippen LogP contribution >= 0.6 is 15.9 Å². The zero-order valence-corrected chi connectivity index (χ0v) is 17.3. The van der Waals surface area contributed by atoms with E-state index in [1.807, 2.05) is 13.0 Å². The Bertz CT molecular complexity index is 1340. The lowest BCUT2D eigenvalue weighted by atomic mass is 10.1. The summed E-state index contributed by atoms with van der Waals surface area (Å²) < 4.78 is 27.7. The molecular formula is C22H16BrNO3S. The topological polar surface area (TPSA) is 67.0 Å². The Morgan fingerprint density at radius 3 is 2.25 bits per heavy atom. The van der Waals surface area contributed by atoms with E-state index >= 15 is 0 Å². The maximum absolute atomic E-state index is 13.4. The monoisotopic (exact) mass is 453 g/mol. The van der Waals surface area contributed by atoms with Crippen LogP contribution in [0, 0.1) is 6.92 Å². The number of aromatic nitrogens is 1. The fourth-order valence-electron chi connectivity index (χ4n) is 3.14. The van der Waals surface area contributed by atoms with Crippen molar-refractivity contribution in [2.24, 2.45) is 0 Å². The van der Waals surface area contributed by atoms with E-state index in [1.165, 1.54) is 12.1 Å². The molecule has 0 bridgehead atoms. The van der Waals surface area contributed by atoms with Gasteiger partial charge in [-0.05, 0) is 42.8 Å². The third-order valence-corrected chi connectivity index (χ3v) is 6.89. The lowest BCUT2D eigenvalue weighted by Crippen LogP contribution is -2.18. The van der Waals surface area contributed by atoms with Crippen LogP contribution in [-0.4, -0.2) is 13.4 Å². The van der Waals surface area contributed by atoms with Crippen molar-refractivity contribution in [2.75, 3.05) is 0 Å². The van der Waals surface area contributed by atoms with Crippen molar-refractivity contribution in [2.45, 2.75) is 16.7 Å². The van der Waals surface area contributed by atoms with E-state index < -0.39 is 15.3 Å². The van der Waals surface area contributed by atoms with Crippen molar-refractivity contribution in [1.82, 2.24) is 4.98 Å². The lowest BCUT2D eigenvalue weighted by molar-refractivity contribution is 0.595. The summed E-state index contributed by atoms with van der Waals surface area (Å²) >= 11 is 3.40. The normalized spacial score (nSPS) is 11.6. The molecule has 28 heavy (non-hydrogen) atoms. The number of halogens is 1. The summed E-state index contributed by atoms with van der Waals surface area (Å²) in [4.78, 5) is 16.3. The van der Waals surface area contributed by atoms with Crippen molar-refractivity contribution in [3.8, 4) is 11.3 Å². The molecule has 1 heterocycles. The van der Waals surface area contributed by atoms with Gasteiger partial charge in [0.1, 0.15) is 4.90 Å². The summed E-state index contributed by atoms with van der Waals surface area (Å²) in [5.74, 6) is 0. The van der Waals surface area contributed by atoms with Crippen molar-refractivity contribution >= 4 is 36.7 Å². The molecule has 1 aromatic heterocycles. The molecule has 0 amide bonds. The first-order valence-corrected chi connectivity index (χ1v) is 10.9. The molecule has 0 aliphatic carbocycles. The van der Waals surface area contributed by atoms with Crippen LogP contribution in [-0.2, 0) is 9.84 Å². The van der Waals surface area contributed by atoms with Crippen LogP contribution < -0.4 is 5.43 Å². The van der Waals surface area contributed by atoms with Gasteiger partial charge in [0.25, 0.3) is 0 Å². The predicted molar refractivity (Wildman–Crippen MR) is 114 cm³/mol. The first kappa shape index (κ1) is 18.7. The molecule has 0 aliphatic heterocycles. The predicted octanol–water partition coefficient (Wildman–Crippen LogP) is 5.10. The summed E-state index contributed by atoms with van der Waals surface area (Å²) in [6, 6.07) is 20.6. The van der Waals surface area contributed by atoms with E-state index in [0.29, 0.717) is 16.5 Å². The quantitative estimate of drug-likeness (QED) is 0.469. The van der Waals surface area contributed by atoms with E-state index in [0.717, 1.165) is 10.0 Å². The van der Waals surface area contributed by atoms with Gasteiger partial charge in [-0.15, -0.1) is 0 Å². The highest BCUT2D eigenvalue weighted by Gasteiger charge is 2.27. The number of aryl methyl sites for hydroxylation is 1. The van der Waals surface area contributed by atoms with Crippen LogP contribution in [0.5, 0.6) is 0 Å². The zero-order valence-electron chi connectivity index (χ0n) is 14.9. The minimum absolute atomic E-state index is 0.0947. The summed E-state index contributed by atoms with van der Waals surface area (Å²) in [5.41, 5.74) is 1.92. The number of aromatic amines is 1. The summed E-state index contributed by atoms with van der Waals surface area (Å²) in [7, 11) is -4.02. The molecule has 140 valence electrons. The number of sulfone groups is 1. The van der Waals surface area contributed by atoms with Crippen molar-refractivity contribution in [3.05, 3.63) is 93.1 Å². The van der Waals surface area contributed by atoms with Gasteiger partial charge in [-0.3, -0.25) is 4.79 Å². The molecule has 0 saturated carbocycles. The molecule has 1 N–H and O–H groups in total. The molecule has 3 aromatic carbocycles. The highest BCUT2D eigenvalue weighted by atomic mass is 79.9. The molecule has 4 aromatic rings. The smallest absolute Gasteiger partial charge is 0.212 e. The third kappa shape index (κ3) is 3.19. The van der Waals surface area contributed by atoms with Crippen LogP contribution in [0.2, 0.25) is 0 Å². The third-order valence-electron chi connectivity index (χ3n) is 4.58. The summed E-state index contributed by atoms with van der Waals surface area (Å²) in [6.07, 6.45) is 0. The number of pyridine rings is 1. The summed E-state index contributed by atoms with van der Waals surface area (Å²) in [6.45, 7) is 1.88. The van der Waals surface area contributed by atoms with E-state index in [2.05, 4.69) is 20.9 Å². The average molecular weight is 454 g/mol. The Labute approximate surface area is 170 Å². The van der Waals surface area contributed by atoms with Gasteiger partial charge in [0.05, 0.1) is 16.1 Å². The minimum Gasteiger partial charge on any atom is -0.353 e. The number of hydrogen-bond acceptors (Lipinski definition) is 3. The lowest BCUT2D eigenvalue weighted by Gasteiger charge is -2.13. The first-order valence-electron chi connectivity index (χ1n) is 8.60. The van der Waals surface area contributed by atoms with Crippen molar-refractivity contribution < 1.29 is 8.42 Å². The number of H-pyrrole nitrogens is 1. The van der Waals surface area contributed by atoms with Crippen LogP contribution in [0.25, 0.3) is 22.2 Å². The second-order valence-electron chi connectivity index (χ2n) is 6.53. The largest absolute Gasteiger partial charge is 0.353 e. The van der Waals surface area contributed by atoms with Gasteiger partial charge >= 0.3 is 0 Å².